The monoisotopic (exact) mass is 551 g/mol. The molecule has 0 aliphatic carbocycles. The van der Waals surface area contributed by atoms with E-state index in [9.17, 15) is 9.00 Å². The number of fused-ring (bicyclic) bond motifs is 1. The lowest BCUT2D eigenvalue weighted by Crippen LogP contribution is -2.16. The van der Waals surface area contributed by atoms with Gasteiger partial charge in [-0.2, -0.15) is 9.46 Å². The van der Waals surface area contributed by atoms with E-state index in [2.05, 4.69) is 27.7 Å². The van der Waals surface area contributed by atoms with Gasteiger partial charge in [0.2, 0.25) is 11.7 Å². The average molecular weight is 552 g/mol. The lowest BCUT2D eigenvalue weighted by molar-refractivity contribution is 0.103. The summed E-state index contributed by atoms with van der Waals surface area (Å²) in [6.07, 6.45) is 2.75. The number of aromatic nitrogens is 2. The molecule has 198 valence electrons. The first kappa shape index (κ1) is 26.3. The van der Waals surface area contributed by atoms with Gasteiger partial charge in [0.15, 0.2) is 0 Å². The van der Waals surface area contributed by atoms with Crippen LogP contribution in [0.3, 0.4) is 0 Å². The first-order valence-corrected chi connectivity index (χ1v) is 14.8. The first-order chi connectivity index (χ1) is 18.3. The maximum absolute atomic E-state index is 13.9. The molecule has 1 aromatic heterocycles. The van der Waals surface area contributed by atoms with Crippen LogP contribution in [0.2, 0.25) is 5.02 Å². The zero-order chi connectivity index (χ0) is 26.9. The Morgan fingerprint density at radius 1 is 1.08 bits per heavy atom. The fourth-order valence-corrected chi connectivity index (χ4v) is 7.39. The standard InChI is InChI=1S/C29H30ClN3O4S/c1-19-25(29(33(2)31-19)37-18-20-11-12-21-9-5-6-10-22(21)17-20)28(34)23-13-14-24(36-3)27(26(23)30)32-38(35)15-7-4-8-16-38/h5-6,9-14,17H,4,7-8,15-16,18H2,1-3H3. The highest BCUT2D eigenvalue weighted by atomic mass is 35.5. The van der Waals surface area contributed by atoms with Gasteiger partial charge in [0.1, 0.15) is 23.6 Å². The number of benzene rings is 3. The molecule has 5 rings (SSSR count). The summed E-state index contributed by atoms with van der Waals surface area (Å²) in [6, 6.07) is 17.5. The Bertz CT molecular complexity index is 1640. The van der Waals surface area contributed by atoms with Crippen LogP contribution in [0.15, 0.2) is 59.0 Å². The Morgan fingerprint density at radius 3 is 2.55 bits per heavy atom. The Morgan fingerprint density at radius 2 is 1.82 bits per heavy atom. The van der Waals surface area contributed by atoms with E-state index in [1.165, 1.54) is 7.11 Å². The number of ketones is 1. The summed E-state index contributed by atoms with van der Waals surface area (Å²) in [5.41, 5.74) is 2.31. The van der Waals surface area contributed by atoms with E-state index in [1.807, 2.05) is 24.3 Å². The summed E-state index contributed by atoms with van der Waals surface area (Å²) >= 11 is 6.77. The smallest absolute Gasteiger partial charge is 0.223 e. The van der Waals surface area contributed by atoms with Crippen LogP contribution in [-0.2, 0) is 23.4 Å². The molecule has 0 saturated carbocycles. The minimum absolute atomic E-state index is 0.117. The van der Waals surface area contributed by atoms with Crippen LogP contribution in [-0.4, -0.2) is 38.4 Å². The SMILES string of the molecule is COc1ccc(C(=O)c2c(C)nn(C)c2OCc2ccc3ccccc3c2)c(Cl)c1N=S1(=O)CCCCC1. The summed E-state index contributed by atoms with van der Waals surface area (Å²) in [7, 11) is 0.779. The molecule has 0 unspecified atom stereocenters. The van der Waals surface area contributed by atoms with Crippen LogP contribution in [0.25, 0.3) is 10.8 Å². The second-order valence-electron chi connectivity index (χ2n) is 9.50. The largest absolute Gasteiger partial charge is 0.494 e. The lowest BCUT2D eigenvalue weighted by Gasteiger charge is -2.17. The number of methoxy groups -OCH3 is 1. The minimum atomic E-state index is -2.46. The molecule has 2 heterocycles. The van der Waals surface area contributed by atoms with Crippen LogP contribution in [0.5, 0.6) is 11.6 Å². The second kappa shape index (κ2) is 10.8. The van der Waals surface area contributed by atoms with Gasteiger partial charge in [0, 0.05) is 24.1 Å². The predicted molar refractivity (Wildman–Crippen MR) is 151 cm³/mol. The normalized spacial score (nSPS) is 14.8. The number of hydrogen-bond donors (Lipinski definition) is 0. The Hall–Kier alpha value is -3.36. The summed E-state index contributed by atoms with van der Waals surface area (Å²) in [4.78, 5) is 13.9. The summed E-state index contributed by atoms with van der Waals surface area (Å²) < 4.78 is 31.1. The van der Waals surface area contributed by atoms with Gasteiger partial charge in [0.05, 0.1) is 27.6 Å². The molecule has 4 aromatic rings. The van der Waals surface area contributed by atoms with Crippen molar-refractivity contribution in [3.63, 3.8) is 0 Å². The molecule has 0 bridgehead atoms. The third kappa shape index (κ3) is 5.15. The van der Waals surface area contributed by atoms with Gasteiger partial charge >= 0.3 is 0 Å². The molecular weight excluding hydrogens is 522 g/mol. The third-order valence-corrected chi connectivity index (χ3v) is 9.57. The summed E-state index contributed by atoms with van der Waals surface area (Å²) in [5, 5.41) is 6.82. The number of carbonyl (C=O) groups excluding carboxylic acids is 1. The highest BCUT2D eigenvalue weighted by molar-refractivity contribution is 7.93. The molecular formula is C29H30ClN3O4S. The molecule has 1 fully saturated rings. The molecule has 0 atom stereocenters. The van der Waals surface area contributed by atoms with Crippen LogP contribution >= 0.6 is 11.6 Å². The van der Waals surface area contributed by atoms with Gasteiger partial charge in [-0.1, -0.05) is 54.4 Å². The number of ether oxygens (including phenoxy) is 2. The lowest BCUT2D eigenvalue weighted by atomic mass is 10.0. The van der Waals surface area contributed by atoms with Gasteiger partial charge in [-0.05, 0) is 54.3 Å². The van der Waals surface area contributed by atoms with Crippen molar-refractivity contribution >= 4 is 43.6 Å². The predicted octanol–water partition coefficient (Wildman–Crippen LogP) is 6.64. The van der Waals surface area contributed by atoms with Gasteiger partial charge in [-0.3, -0.25) is 4.79 Å². The van der Waals surface area contributed by atoms with E-state index in [0.29, 0.717) is 34.4 Å². The quantitative estimate of drug-likeness (QED) is 0.240. The molecule has 1 aliphatic heterocycles. The van der Waals surface area contributed by atoms with Crippen molar-refractivity contribution in [2.45, 2.75) is 32.8 Å². The number of nitrogens with zero attached hydrogens (tertiary/aromatic N) is 3. The number of aryl methyl sites for hydroxylation is 2. The summed E-state index contributed by atoms with van der Waals surface area (Å²) in [6.45, 7) is 2.03. The van der Waals surface area contributed by atoms with E-state index >= 15 is 0 Å². The van der Waals surface area contributed by atoms with Crippen LogP contribution < -0.4 is 9.47 Å². The van der Waals surface area contributed by atoms with Gasteiger partial charge in [-0.15, -0.1) is 0 Å². The molecule has 0 spiro atoms. The Kier molecular flexibility index (Phi) is 7.45. The van der Waals surface area contributed by atoms with Crippen molar-refractivity contribution in [1.29, 1.82) is 0 Å². The second-order valence-corrected chi connectivity index (χ2v) is 12.4. The average Bonchev–Trinajstić information content (AvgIpc) is 3.20. The molecule has 1 saturated heterocycles. The molecule has 0 amide bonds. The number of rotatable bonds is 7. The molecule has 0 radical (unpaired) electrons. The number of carbonyl (C=O) groups is 1. The highest BCUT2D eigenvalue weighted by Crippen LogP contribution is 2.41. The van der Waals surface area contributed by atoms with Crippen molar-refractivity contribution in [1.82, 2.24) is 9.78 Å². The van der Waals surface area contributed by atoms with Gasteiger partial charge in [-0.25, -0.2) is 8.89 Å². The third-order valence-electron chi connectivity index (χ3n) is 6.81. The number of halogens is 1. The van der Waals surface area contributed by atoms with Gasteiger partial charge in [0.25, 0.3) is 0 Å². The topological polar surface area (TPSA) is 82.8 Å². The molecule has 38 heavy (non-hydrogen) atoms. The molecule has 1 aliphatic rings. The highest BCUT2D eigenvalue weighted by Gasteiger charge is 2.27. The Balaban J connectivity index is 1.50. The van der Waals surface area contributed by atoms with Crippen molar-refractivity contribution < 1.29 is 18.5 Å². The van der Waals surface area contributed by atoms with E-state index < -0.39 is 9.73 Å². The maximum atomic E-state index is 13.9. The van der Waals surface area contributed by atoms with Crippen molar-refractivity contribution in [2.24, 2.45) is 11.4 Å². The molecule has 3 aromatic carbocycles. The van der Waals surface area contributed by atoms with E-state index in [0.717, 1.165) is 35.6 Å². The summed E-state index contributed by atoms with van der Waals surface area (Å²) in [5.74, 6) is 1.42. The fraction of sp³-hybridized carbons (Fsp3) is 0.310. The molecule has 0 N–H and O–H groups in total. The van der Waals surface area contributed by atoms with Crippen LogP contribution in [0, 0.1) is 6.92 Å². The Labute approximate surface area is 227 Å². The van der Waals surface area contributed by atoms with E-state index in [-0.39, 0.29) is 28.7 Å². The van der Waals surface area contributed by atoms with E-state index in [1.54, 1.807) is 30.8 Å². The molecule has 7 nitrogen and oxygen atoms in total. The van der Waals surface area contributed by atoms with Crippen molar-refractivity contribution in [2.75, 3.05) is 18.6 Å². The van der Waals surface area contributed by atoms with Crippen LogP contribution in [0.4, 0.5) is 5.69 Å². The first-order valence-electron chi connectivity index (χ1n) is 12.6. The minimum Gasteiger partial charge on any atom is -0.494 e. The van der Waals surface area contributed by atoms with Crippen molar-refractivity contribution in [3.05, 3.63) is 82.0 Å². The molecule has 9 heteroatoms. The maximum Gasteiger partial charge on any atom is 0.223 e. The van der Waals surface area contributed by atoms with Gasteiger partial charge < -0.3 is 9.47 Å². The number of hydrogen-bond acceptors (Lipinski definition) is 6. The van der Waals surface area contributed by atoms with E-state index in [4.69, 9.17) is 21.1 Å². The zero-order valence-electron chi connectivity index (χ0n) is 21.7. The zero-order valence-corrected chi connectivity index (χ0v) is 23.3. The van der Waals surface area contributed by atoms with Crippen LogP contribution in [0.1, 0.15) is 46.4 Å². The fourth-order valence-electron chi connectivity index (χ4n) is 4.84. The van der Waals surface area contributed by atoms with Crippen molar-refractivity contribution in [3.8, 4) is 11.6 Å².